The lowest BCUT2D eigenvalue weighted by atomic mass is 9.70. The average Bonchev–Trinajstić information content (AvgIpc) is 2.39. The van der Waals surface area contributed by atoms with E-state index in [1.807, 2.05) is 0 Å². The van der Waals surface area contributed by atoms with Crippen LogP contribution in [0.5, 0.6) is 0 Å². The van der Waals surface area contributed by atoms with Crippen LogP contribution in [-0.4, -0.2) is 12.2 Å². The van der Waals surface area contributed by atoms with Gasteiger partial charge in [0.25, 0.3) is 0 Å². The first-order chi connectivity index (χ1) is 8.81. The highest BCUT2D eigenvalue weighted by molar-refractivity contribution is 4.84. The molecule has 5 atom stereocenters. The summed E-state index contributed by atoms with van der Waals surface area (Å²) in [5.41, 5.74) is 0. The number of rotatable bonds is 2. The number of hydrogen-bond donors (Lipinski definition) is 0. The van der Waals surface area contributed by atoms with E-state index < -0.39 is 0 Å². The Bertz CT molecular complexity index is 262. The first-order valence-electron chi connectivity index (χ1n) is 8.46. The van der Waals surface area contributed by atoms with Crippen LogP contribution in [-0.2, 0) is 4.74 Å². The Kier molecular flexibility index (Phi) is 4.28. The molecule has 18 heavy (non-hydrogen) atoms. The van der Waals surface area contributed by atoms with Crippen LogP contribution in [0.1, 0.15) is 77.6 Å². The van der Waals surface area contributed by atoms with Crippen molar-refractivity contribution < 1.29 is 4.74 Å². The molecule has 1 nitrogen and oxygen atoms in total. The highest BCUT2D eigenvalue weighted by Crippen LogP contribution is 2.42. The summed E-state index contributed by atoms with van der Waals surface area (Å²) in [6.07, 6.45) is 16.8. The molecule has 0 aliphatic heterocycles. The van der Waals surface area contributed by atoms with Gasteiger partial charge in [-0.1, -0.05) is 45.4 Å². The Morgan fingerprint density at radius 3 is 2.28 bits per heavy atom. The third kappa shape index (κ3) is 3.10. The van der Waals surface area contributed by atoms with Crippen molar-refractivity contribution >= 4 is 0 Å². The lowest BCUT2D eigenvalue weighted by Crippen LogP contribution is -2.35. The molecule has 5 unspecified atom stereocenters. The van der Waals surface area contributed by atoms with Crippen molar-refractivity contribution in [1.82, 2.24) is 0 Å². The molecule has 3 aliphatic carbocycles. The summed E-state index contributed by atoms with van der Waals surface area (Å²) < 4.78 is 6.45. The van der Waals surface area contributed by atoms with Crippen molar-refractivity contribution in [1.29, 1.82) is 0 Å². The standard InChI is InChI=1S/C17H30O/c1-13-5-4-8-16(11-13)18-17-10-9-14-6-2-3-7-15(14)12-17/h13-17H,2-12H2,1H3. The summed E-state index contributed by atoms with van der Waals surface area (Å²) in [7, 11) is 0. The van der Waals surface area contributed by atoms with Crippen LogP contribution in [0.2, 0.25) is 0 Å². The van der Waals surface area contributed by atoms with E-state index in [0.29, 0.717) is 12.2 Å². The zero-order chi connectivity index (χ0) is 12.4. The second kappa shape index (κ2) is 5.94. The van der Waals surface area contributed by atoms with Crippen molar-refractivity contribution in [3.05, 3.63) is 0 Å². The fourth-order valence-corrected chi connectivity index (χ4v) is 4.73. The molecule has 0 aromatic rings. The zero-order valence-electron chi connectivity index (χ0n) is 12.1. The monoisotopic (exact) mass is 250 g/mol. The molecule has 1 heteroatoms. The minimum atomic E-state index is 0.596. The van der Waals surface area contributed by atoms with Crippen LogP contribution in [0, 0.1) is 17.8 Å². The van der Waals surface area contributed by atoms with Gasteiger partial charge >= 0.3 is 0 Å². The minimum Gasteiger partial charge on any atom is -0.375 e. The van der Waals surface area contributed by atoms with Gasteiger partial charge in [0, 0.05) is 0 Å². The van der Waals surface area contributed by atoms with Crippen molar-refractivity contribution in [3.8, 4) is 0 Å². The van der Waals surface area contributed by atoms with Crippen LogP contribution < -0.4 is 0 Å². The molecule has 0 heterocycles. The lowest BCUT2D eigenvalue weighted by molar-refractivity contribution is -0.0743. The fraction of sp³-hybridized carbons (Fsp3) is 1.00. The third-order valence-corrected chi connectivity index (χ3v) is 5.76. The molecule has 0 amide bonds. The second-order valence-electron chi connectivity index (χ2n) is 7.27. The predicted octanol–water partition coefficient (Wildman–Crippen LogP) is 4.94. The SMILES string of the molecule is CC1CCCC(OC2CCC3CCCCC3C2)C1. The topological polar surface area (TPSA) is 9.23 Å². The molecule has 0 spiro atoms. The molecule has 3 aliphatic rings. The molecule has 104 valence electrons. The minimum absolute atomic E-state index is 0.596. The summed E-state index contributed by atoms with van der Waals surface area (Å²) in [6.45, 7) is 2.40. The van der Waals surface area contributed by atoms with E-state index in [9.17, 15) is 0 Å². The first kappa shape index (κ1) is 13.0. The molecular weight excluding hydrogens is 220 g/mol. The van der Waals surface area contributed by atoms with Crippen LogP contribution in [0.4, 0.5) is 0 Å². The normalized spacial score (nSPS) is 45.5. The number of hydrogen-bond acceptors (Lipinski definition) is 1. The zero-order valence-corrected chi connectivity index (χ0v) is 12.1. The van der Waals surface area contributed by atoms with E-state index in [0.717, 1.165) is 17.8 Å². The van der Waals surface area contributed by atoms with Gasteiger partial charge in [0.2, 0.25) is 0 Å². The Hall–Kier alpha value is -0.0400. The van der Waals surface area contributed by atoms with Crippen molar-refractivity contribution in [2.45, 2.75) is 89.8 Å². The Labute approximate surface area is 113 Å². The summed E-state index contributed by atoms with van der Waals surface area (Å²) >= 11 is 0. The molecule has 0 aromatic carbocycles. The first-order valence-corrected chi connectivity index (χ1v) is 8.46. The van der Waals surface area contributed by atoms with Gasteiger partial charge in [0.05, 0.1) is 12.2 Å². The Morgan fingerprint density at radius 2 is 1.44 bits per heavy atom. The van der Waals surface area contributed by atoms with E-state index in [-0.39, 0.29) is 0 Å². The molecule has 0 radical (unpaired) electrons. The Morgan fingerprint density at radius 1 is 0.667 bits per heavy atom. The summed E-state index contributed by atoms with van der Waals surface area (Å²) in [6, 6.07) is 0. The van der Waals surface area contributed by atoms with E-state index in [4.69, 9.17) is 4.74 Å². The average molecular weight is 250 g/mol. The maximum absolute atomic E-state index is 6.45. The van der Waals surface area contributed by atoms with Gasteiger partial charge in [0.15, 0.2) is 0 Å². The van der Waals surface area contributed by atoms with E-state index >= 15 is 0 Å². The fourth-order valence-electron chi connectivity index (χ4n) is 4.73. The highest BCUT2D eigenvalue weighted by Gasteiger charge is 2.34. The van der Waals surface area contributed by atoms with Gasteiger partial charge in [-0.15, -0.1) is 0 Å². The molecule has 3 saturated carbocycles. The summed E-state index contributed by atoms with van der Waals surface area (Å²) in [4.78, 5) is 0. The summed E-state index contributed by atoms with van der Waals surface area (Å²) in [5.74, 6) is 2.97. The van der Waals surface area contributed by atoms with E-state index in [2.05, 4.69) is 6.92 Å². The molecular formula is C17H30O. The Balaban J connectivity index is 1.48. The molecule has 3 rings (SSSR count). The van der Waals surface area contributed by atoms with E-state index in [1.165, 1.54) is 70.6 Å². The molecule has 0 aromatic heterocycles. The predicted molar refractivity (Wildman–Crippen MR) is 75.6 cm³/mol. The second-order valence-corrected chi connectivity index (χ2v) is 7.27. The van der Waals surface area contributed by atoms with Crippen molar-refractivity contribution in [2.75, 3.05) is 0 Å². The quantitative estimate of drug-likeness (QED) is 0.674. The van der Waals surface area contributed by atoms with E-state index in [1.54, 1.807) is 0 Å². The van der Waals surface area contributed by atoms with Gasteiger partial charge in [-0.25, -0.2) is 0 Å². The third-order valence-electron chi connectivity index (χ3n) is 5.76. The van der Waals surface area contributed by atoms with Gasteiger partial charge in [0.1, 0.15) is 0 Å². The highest BCUT2D eigenvalue weighted by atomic mass is 16.5. The maximum atomic E-state index is 6.45. The molecule has 0 bridgehead atoms. The van der Waals surface area contributed by atoms with Crippen LogP contribution in [0.3, 0.4) is 0 Å². The van der Waals surface area contributed by atoms with Crippen LogP contribution >= 0.6 is 0 Å². The van der Waals surface area contributed by atoms with Crippen molar-refractivity contribution in [3.63, 3.8) is 0 Å². The molecule has 3 fully saturated rings. The van der Waals surface area contributed by atoms with Crippen molar-refractivity contribution in [2.24, 2.45) is 17.8 Å². The maximum Gasteiger partial charge on any atom is 0.0581 e. The van der Waals surface area contributed by atoms with Gasteiger partial charge in [-0.2, -0.15) is 0 Å². The van der Waals surface area contributed by atoms with Gasteiger partial charge < -0.3 is 4.74 Å². The number of fused-ring (bicyclic) bond motifs is 1. The number of ether oxygens (including phenoxy) is 1. The molecule has 0 N–H and O–H groups in total. The van der Waals surface area contributed by atoms with Crippen LogP contribution in [0.25, 0.3) is 0 Å². The van der Waals surface area contributed by atoms with Crippen LogP contribution in [0.15, 0.2) is 0 Å². The van der Waals surface area contributed by atoms with Gasteiger partial charge in [-0.05, 0) is 49.9 Å². The largest absolute Gasteiger partial charge is 0.375 e. The van der Waals surface area contributed by atoms with Gasteiger partial charge in [-0.3, -0.25) is 0 Å². The smallest absolute Gasteiger partial charge is 0.0581 e. The summed E-state index contributed by atoms with van der Waals surface area (Å²) in [5, 5.41) is 0. The lowest BCUT2D eigenvalue weighted by Gasteiger charge is -2.41. The molecule has 0 saturated heterocycles.